The summed E-state index contributed by atoms with van der Waals surface area (Å²) < 4.78 is 0. The van der Waals surface area contributed by atoms with Crippen molar-refractivity contribution >= 4 is 29.2 Å². The van der Waals surface area contributed by atoms with Crippen molar-refractivity contribution in [2.45, 2.75) is 18.0 Å². The van der Waals surface area contributed by atoms with Gasteiger partial charge in [-0.2, -0.15) is 0 Å². The average molecular weight is 299 g/mol. The zero-order chi connectivity index (χ0) is 13.2. The molecule has 0 N–H and O–H groups in total. The first-order chi connectivity index (χ1) is 9.24. The second kappa shape index (κ2) is 5.85. The summed E-state index contributed by atoms with van der Waals surface area (Å²) in [7, 11) is 0. The van der Waals surface area contributed by atoms with Gasteiger partial charge in [-0.05, 0) is 25.0 Å². The third kappa shape index (κ3) is 3.52. The topological polar surface area (TPSA) is 32.3 Å². The summed E-state index contributed by atoms with van der Waals surface area (Å²) in [6.07, 6.45) is 4.83. The van der Waals surface area contributed by atoms with Gasteiger partial charge in [0, 0.05) is 38.8 Å². The van der Waals surface area contributed by atoms with E-state index >= 15 is 0 Å². The lowest BCUT2D eigenvalue weighted by Crippen LogP contribution is -2.47. The molecule has 104 valence electrons. The first-order valence-electron chi connectivity index (χ1n) is 6.80. The first-order valence-corrected chi connectivity index (χ1v) is 8.41. The summed E-state index contributed by atoms with van der Waals surface area (Å²) >= 11 is 7.59. The molecule has 2 fully saturated rings. The number of anilines is 1. The Hall–Kier alpha value is -0.520. The number of hydrogen-bond donors (Lipinski definition) is 0. The molecule has 1 aliphatic carbocycles. The number of hydrogen-bond acceptors (Lipinski definition) is 5. The maximum atomic E-state index is 6.05. The number of thioether (sulfide) groups is 1. The van der Waals surface area contributed by atoms with Gasteiger partial charge in [0.2, 0.25) is 0 Å². The minimum absolute atomic E-state index is 0.537. The molecule has 1 aromatic rings. The minimum Gasteiger partial charge on any atom is -0.354 e. The minimum atomic E-state index is 0.537. The van der Waals surface area contributed by atoms with Crippen LogP contribution in [-0.4, -0.2) is 53.8 Å². The third-order valence-electron chi connectivity index (χ3n) is 3.75. The van der Waals surface area contributed by atoms with E-state index in [1.807, 2.05) is 12.3 Å². The van der Waals surface area contributed by atoms with E-state index in [0.29, 0.717) is 5.15 Å². The van der Waals surface area contributed by atoms with Crippen LogP contribution in [0.2, 0.25) is 5.15 Å². The second-order valence-corrected chi connectivity index (χ2v) is 6.43. The Morgan fingerprint density at radius 3 is 2.63 bits per heavy atom. The van der Waals surface area contributed by atoms with E-state index in [0.717, 1.165) is 43.1 Å². The van der Waals surface area contributed by atoms with Gasteiger partial charge in [-0.1, -0.05) is 23.4 Å². The lowest BCUT2D eigenvalue weighted by Gasteiger charge is -2.35. The highest BCUT2D eigenvalue weighted by molar-refractivity contribution is 7.98. The quantitative estimate of drug-likeness (QED) is 0.484. The molecule has 0 unspecified atom stereocenters. The number of halogens is 1. The number of piperazine rings is 1. The highest BCUT2D eigenvalue weighted by Crippen LogP contribution is 2.30. The summed E-state index contributed by atoms with van der Waals surface area (Å²) in [6, 6.07) is 1.87. The fraction of sp³-hybridized carbons (Fsp3) is 0.692. The zero-order valence-electron chi connectivity index (χ0n) is 11.2. The zero-order valence-corrected chi connectivity index (χ0v) is 12.8. The number of rotatable bonds is 4. The molecule has 2 aliphatic rings. The monoisotopic (exact) mass is 298 g/mol. The lowest BCUT2D eigenvalue weighted by atomic mass is 10.3. The molecular weight excluding hydrogens is 280 g/mol. The van der Waals surface area contributed by atoms with Gasteiger partial charge in [0.15, 0.2) is 5.16 Å². The maximum absolute atomic E-state index is 6.05. The molecule has 4 nitrogen and oxygen atoms in total. The van der Waals surface area contributed by atoms with Crippen molar-refractivity contribution in [3.8, 4) is 0 Å². The molecule has 1 aliphatic heterocycles. The normalized spacial score (nSPS) is 20.8. The fourth-order valence-electron chi connectivity index (χ4n) is 2.46. The molecule has 1 saturated heterocycles. The van der Waals surface area contributed by atoms with Crippen LogP contribution in [0, 0.1) is 5.92 Å². The van der Waals surface area contributed by atoms with Crippen LogP contribution in [0.15, 0.2) is 11.2 Å². The van der Waals surface area contributed by atoms with Gasteiger partial charge < -0.3 is 4.90 Å². The van der Waals surface area contributed by atoms with Crippen molar-refractivity contribution in [1.29, 1.82) is 0 Å². The van der Waals surface area contributed by atoms with E-state index in [1.165, 1.54) is 31.1 Å². The van der Waals surface area contributed by atoms with Gasteiger partial charge in [-0.15, -0.1) is 0 Å². The van der Waals surface area contributed by atoms with Crippen molar-refractivity contribution in [2.75, 3.05) is 43.9 Å². The molecule has 0 atom stereocenters. The van der Waals surface area contributed by atoms with Crippen LogP contribution in [0.5, 0.6) is 0 Å². The first kappa shape index (κ1) is 13.5. The van der Waals surface area contributed by atoms with E-state index in [2.05, 4.69) is 19.8 Å². The van der Waals surface area contributed by atoms with Crippen molar-refractivity contribution in [3.05, 3.63) is 11.2 Å². The van der Waals surface area contributed by atoms with Crippen LogP contribution >= 0.6 is 23.4 Å². The average Bonchev–Trinajstić information content (AvgIpc) is 3.23. The highest BCUT2D eigenvalue weighted by Gasteiger charge is 2.26. The highest BCUT2D eigenvalue weighted by atomic mass is 35.5. The van der Waals surface area contributed by atoms with E-state index in [4.69, 9.17) is 11.6 Å². The van der Waals surface area contributed by atoms with E-state index in [-0.39, 0.29) is 0 Å². The van der Waals surface area contributed by atoms with Gasteiger partial charge in [-0.25, -0.2) is 9.97 Å². The summed E-state index contributed by atoms with van der Waals surface area (Å²) in [5, 5.41) is 1.29. The summed E-state index contributed by atoms with van der Waals surface area (Å²) in [5.41, 5.74) is 0. The Bertz CT molecular complexity index is 444. The van der Waals surface area contributed by atoms with Crippen molar-refractivity contribution in [2.24, 2.45) is 5.92 Å². The van der Waals surface area contributed by atoms with Crippen LogP contribution in [-0.2, 0) is 0 Å². The molecular formula is C13H19ClN4S. The van der Waals surface area contributed by atoms with E-state index in [1.54, 1.807) is 0 Å². The Balaban J connectivity index is 1.62. The van der Waals surface area contributed by atoms with Gasteiger partial charge in [0.05, 0.1) is 0 Å². The number of nitrogens with zero attached hydrogens (tertiary/aromatic N) is 4. The van der Waals surface area contributed by atoms with Crippen molar-refractivity contribution in [3.63, 3.8) is 0 Å². The SMILES string of the molecule is CSc1nc(Cl)cc(N2CCN(CC3CC3)CC2)n1. The molecule has 1 saturated carbocycles. The molecule has 6 heteroatoms. The molecule has 0 spiro atoms. The summed E-state index contributed by atoms with van der Waals surface area (Å²) in [5.74, 6) is 1.94. The Kier molecular flexibility index (Phi) is 4.15. The molecule has 2 heterocycles. The molecule has 19 heavy (non-hydrogen) atoms. The summed E-state index contributed by atoms with van der Waals surface area (Å²) in [4.78, 5) is 13.6. The van der Waals surface area contributed by atoms with E-state index < -0.39 is 0 Å². The third-order valence-corrected chi connectivity index (χ3v) is 4.49. The second-order valence-electron chi connectivity index (χ2n) is 5.27. The van der Waals surface area contributed by atoms with Crippen LogP contribution in [0.4, 0.5) is 5.82 Å². The van der Waals surface area contributed by atoms with Crippen molar-refractivity contribution in [1.82, 2.24) is 14.9 Å². The summed E-state index contributed by atoms with van der Waals surface area (Å²) in [6.45, 7) is 5.62. The largest absolute Gasteiger partial charge is 0.354 e. The maximum Gasteiger partial charge on any atom is 0.190 e. The Morgan fingerprint density at radius 1 is 1.26 bits per heavy atom. The molecule has 0 radical (unpaired) electrons. The van der Waals surface area contributed by atoms with Gasteiger partial charge in [-0.3, -0.25) is 4.90 Å². The van der Waals surface area contributed by atoms with Crippen LogP contribution < -0.4 is 4.90 Å². The van der Waals surface area contributed by atoms with E-state index in [9.17, 15) is 0 Å². The van der Waals surface area contributed by atoms with Crippen LogP contribution in [0.25, 0.3) is 0 Å². The lowest BCUT2D eigenvalue weighted by molar-refractivity contribution is 0.247. The van der Waals surface area contributed by atoms with Gasteiger partial charge >= 0.3 is 0 Å². The smallest absolute Gasteiger partial charge is 0.190 e. The molecule has 0 amide bonds. The Morgan fingerprint density at radius 2 is 2.00 bits per heavy atom. The number of aromatic nitrogens is 2. The van der Waals surface area contributed by atoms with Gasteiger partial charge in [0.25, 0.3) is 0 Å². The van der Waals surface area contributed by atoms with Crippen LogP contribution in [0.3, 0.4) is 0 Å². The van der Waals surface area contributed by atoms with Crippen LogP contribution in [0.1, 0.15) is 12.8 Å². The molecule has 1 aromatic heterocycles. The molecule has 0 aromatic carbocycles. The molecule has 3 rings (SSSR count). The van der Waals surface area contributed by atoms with Crippen molar-refractivity contribution < 1.29 is 0 Å². The standard InChI is InChI=1S/C13H19ClN4S/c1-19-13-15-11(14)8-12(16-13)18-6-4-17(5-7-18)9-10-2-3-10/h8,10H,2-7,9H2,1H3. The fourth-order valence-corrected chi connectivity index (χ4v) is 3.07. The predicted octanol–water partition coefficient (Wildman–Crippen LogP) is 2.38. The Labute approximate surface area is 123 Å². The van der Waals surface area contributed by atoms with Gasteiger partial charge in [0.1, 0.15) is 11.0 Å². The predicted molar refractivity (Wildman–Crippen MR) is 80.2 cm³/mol. The molecule has 0 bridgehead atoms.